The van der Waals surface area contributed by atoms with Crippen LogP contribution in [0.3, 0.4) is 0 Å². The van der Waals surface area contributed by atoms with E-state index in [9.17, 15) is 14.4 Å². The highest BCUT2D eigenvalue weighted by Gasteiger charge is 2.29. The van der Waals surface area contributed by atoms with Gasteiger partial charge in [-0.05, 0) is 32.9 Å². The molecule has 0 saturated carbocycles. The molecule has 1 unspecified atom stereocenters. The van der Waals surface area contributed by atoms with Gasteiger partial charge in [-0.25, -0.2) is 0 Å². The van der Waals surface area contributed by atoms with E-state index in [-0.39, 0.29) is 23.5 Å². The van der Waals surface area contributed by atoms with Gasteiger partial charge in [-0.3, -0.25) is 14.4 Å². The lowest BCUT2D eigenvalue weighted by molar-refractivity contribution is -0.134. The van der Waals surface area contributed by atoms with Crippen molar-refractivity contribution in [2.45, 2.75) is 26.8 Å². The highest BCUT2D eigenvalue weighted by molar-refractivity contribution is 5.97. The van der Waals surface area contributed by atoms with Crippen molar-refractivity contribution in [3.8, 4) is 0 Å². The topological polar surface area (TPSA) is 95.8 Å². The monoisotopic (exact) mass is 384 g/mol. The average molecular weight is 384 g/mol. The first-order valence-corrected chi connectivity index (χ1v) is 9.24. The van der Waals surface area contributed by atoms with Crippen LogP contribution in [0, 0.1) is 13.8 Å². The summed E-state index contributed by atoms with van der Waals surface area (Å²) in [6, 6.07) is 8.17. The van der Waals surface area contributed by atoms with Crippen molar-refractivity contribution >= 4 is 17.7 Å². The number of rotatable bonds is 4. The molecular weight excluding hydrogens is 360 g/mol. The Balaban J connectivity index is 1.53. The number of carbonyl (C=O) groups excluding carboxylic acids is 3. The first-order chi connectivity index (χ1) is 13.3. The van der Waals surface area contributed by atoms with Gasteiger partial charge >= 0.3 is 0 Å². The van der Waals surface area contributed by atoms with Crippen molar-refractivity contribution in [3.63, 3.8) is 0 Å². The lowest BCUT2D eigenvalue weighted by Crippen LogP contribution is -2.55. The SMILES string of the molecule is Cc1cccc(C(=O)NC(C)C(=O)N2CCN(C(=O)c3cc(C)no3)CC2)c1. The number of aryl methyl sites for hydroxylation is 2. The Morgan fingerprint density at radius 3 is 2.36 bits per heavy atom. The number of amides is 3. The quantitative estimate of drug-likeness (QED) is 0.860. The van der Waals surface area contributed by atoms with Crippen LogP contribution in [0.1, 0.15) is 39.1 Å². The van der Waals surface area contributed by atoms with Crippen molar-refractivity contribution in [1.82, 2.24) is 20.3 Å². The third-order valence-corrected chi connectivity index (χ3v) is 4.72. The minimum Gasteiger partial charge on any atom is -0.351 e. The van der Waals surface area contributed by atoms with E-state index in [1.807, 2.05) is 19.1 Å². The molecule has 1 aromatic heterocycles. The third kappa shape index (κ3) is 4.39. The van der Waals surface area contributed by atoms with Crippen LogP contribution in [-0.4, -0.2) is 64.9 Å². The van der Waals surface area contributed by atoms with Gasteiger partial charge in [0.15, 0.2) is 0 Å². The van der Waals surface area contributed by atoms with Crippen LogP contribution < -0.4 is 5.32 Å². The molecule has 1 fully saturated rings. The van der Waals surface area contributed by atoms with Crippen LogP contribution >= 0.6 is 0 Å². The zero-order valence-electron chi connectivity index (χ0n) is 16.3. The minimum absolute atomic E-state index is 0.163. The summed E-state index contributed by atoms with van der Waals surface area (Å²) in [5.74, 6) is -0.466. The normalized spacial score (nSPS) is 15.2. The molecule has 0 spiro atoms. The molecule has 8 nitrogen and oxygen atoms in total. The van der Waals surface area contributed by atoms with Crippen molar-refractivity contribution in [1.29, 1.82) is 0 Å². The molecule has 3 rings (SSSR count). The van der Waals surface area contributed by atoms with Gasteiger partial charge in [-0.2, -0.15) is 0 Å². The predicted octanol–water partition coefficient (Wildman–Crippen LogP) is 1.39. The number of hydrogen-bond donors (Lipinski definition) is 1. The van der Waals surface area contributed by atoms with Crippen molar-refractivity contribution < 1.29 is 18.9 Å². The molecule has 148 valence electrons. The number of carbonyl (C=O) groups is 3. The predicted molar refractivity (Wildman–Crippen MR) is 102 cm³/mol. The molecule has 1 aliphatic heterocycles. The molecule has 1 aromatic carbocycles. The second kappa shape index (κ2) is 8.24. The van der Waals surface area contributed by atoms with E-state index in [4.69, 9.17) is 4.52 Å². The minimum atomic E-state index is -0.646. The summed E-state index contributed by atoms with van der Waals surface area (Å²) in [7, 11) is 0. The van der Waals surface area contributed by atoms with Gasteiger partial charge in [0.2, 0.25) is 11.7 Å². The number of hydrogen-bond acceptors (Lipinski definition) is 5. The summed E-state index contributed by atoms with van der Waals surface area (Å²) in [6.45, 7) is 6.96. The number of benzene rings is 1. The third-order valence-electron chi connectivity index (χ3n) is 4.72. The Morgan fingerprint density at radius 2 is 1.75 bits per heavy atom. The molecule has 1 aliphatic rings. The fraction of sp³-hybridized carbons (Fsp3) is 0.400. The van der Waals surface area contributed by atoms with Gasteiger partial charge < -0.3 is 19.6 Å². The van der Waals surface area contributed by atoms with E-state index in [1.165, 1.54) is 0 Å². The smallest absolute Gasteiger partial charge is 0.292 e. The standard InChI is InChI=1S/C20H24N4O4/c1-13-5-4-6-16(11-13)18(25)21-15(3)19(26)23-7-9-24(10-8-23)20(27)17-12-14(2)22-28-17/h4-6,11-12,15H,7-10H2,1-3H3,(H,21,25). The maximum atomic E-state index is 12.7. The summed E-state index contributed by atoms with van der Waals surface area (Å²) in [5, 5.41) is 6.48. The van der Waals surface area contributed by atoms with E-state index in [2.05, 4.69) is 10.5 Å². The highest BCUT2D eigenvalue weighted by atomic mass is 16.5. The number of aromatic nitrogens is 1. The van der Waals surface area contributed by atoms with Crippen LogP contribution in [-0.2, 0) is 4.79 Å². The molecule has 1 atom stereocenters. The molecule has 0 radical (unpaired) electrons. The molecule has 1 saturated heterocycles. The number of nitrogens with one attached hydrogen (secondary N) is 1. The Kier molecular flexibility index (Phi) is 5.77. The molecule has 28 heavy (non-hydrogen) atoms. The largest absolute Gasteiger partial charge is 0.351 e. The van der Waals surface area contributed by atoms with Crippen LogP contribution in [0.15, 0.2) is 34.9 Å². The first-order valence-electron chi connectivity index (χ1n) is 9.24. The molecule has 2 heterocycles. The van der Waals surface area contributed by atoms with E-state index in [1.54, 1.807) is 41.8 Å². The molecule has 3 amide bonds. The summed E-state index contributed by atoms with van der Waals surface area (Å²) < 4.78 is 5.02. The zero-order chi connectivity index (χ0) is 20.3. The second-order valence-electron chi connectivity index (χ2n) is 7.01. The van der Waals surface area contributed by atoms with Crippen molar-refractivity contribution in [2.75, 3.05) is 26.2 Å². The molecule has 1 N–H and O–H groups in total. The van der Waals surface area contributed by atoms with E-state index < -0.39 is 6.04 Å². The molecular formula is C20H24N4O4. The van der Waals surface area contributed by atoms with Crippen LogP contribution in [0.2, 0.25) is 0 Å². The summed E-state index contributed by atoms with van der Waals surface area (Å²) in [6.07, 6.45) is 0. The maximum absolute atomic E-state index is 12.7. The van der Waals surface area contributed by atoms with Gasteiger partial charge in [0, 0.05) is 37.8 Å². The maximum Gasteiger partial charge on any atom is 0.292 e. The van der Waals surface area contributed by atoms with Crippen molar-refractivity contribution in [2.24, 2.45) is 0 Å². The molecule has 0 aliphatic carbocycles. The Labute approximate surface area is 163 Å². The average Bonchev–Trinajstić information content (AvgIpc) is 3.13. The lowest BCUT2D eigenvalue weighted by atomic mass is 10.1. The lowest BCUT2D eigenvalue weighted by Gasteiger charge is -2.35. The van der Waals surface area contributed by atoms with Gasteiger partial charge in [0.05, 0.1) is 5.69 Å². The Morgan fingerprint density at radius 1 is 1.07 bits per heavy atom. The van der Waals surface area contributed by atoms with Gasteiger partial charge in [-0.15, -0.1) is 0 Å². The van der Waals surface area contributed by atoms with E-state index in [0.29, 0.717) is 37.4 Å². The van der Waals surface area contributed by atoms with E-state index >= 15 is 0 Å². The number of nitrogens with zero attached hydrogens (tertiary/aromatic N) is 3. The van der Waals surface area contributed by atoms with Crippen molar-refractivity contribution in [3.05, 3.63) is 52.9 Å². The van der Waals surface area contributed by atoms with Gasteiger partial charge in [0.1, 0.15) is 6.04 Å². The fourth-order valence-corrected chi connectivity index (χ4v) is 3.15. The van der Waals surface area contributed by atoms with E-state index in [0.717, 1.165) is 5.56 Å². The molecule has 0 bridgehead atoms. The Bertz CT molecular complexity index is 884. The molecule has 2 aromatic rings. The van der Waals surface area contributed by atoms with Crippen LogP contribution in [0.25, 0.3) is 0 Å². The Hall–Kier alpha value is -3.16. The highest BCUT2D eigenvalue weighted by Crippen LogP contribution is 2.11. The number of piperazine rings is 1. The van der Waals surface area contributed by atoms with Gasteiger partial charge in [-0.1, -0.05) is 22.9 Å². The summed E-state index contributed by atoms with van der Waals surface area (Å²) >= 11 is 0. The summed E-state index contributed by atoms with van der Waals surface area (Å²) in [4.78, 5) is 40.7. The van der Waals surface area contributed by atoms with Crippen LogP contribution in [0.4, 0.5) is 0 Å². The second-order valence-corrected chi connectivity index (χ2v) is 7.01. The van der Waals surface area contributed by atoms with Crippen LogP contribution in [0.5, 0.6) is 0 Å². The summed E-state index contributed by atoms with van der Waals surface area (Å²) in [5.41, 5.74) is 2.15. The first kappa shape index (κ1) is 19.6. The zero-order valence-corrected chi connectivity index (χ0v) is 16.3. The fourth-order valence-electron chi connectivity index (χ4n) is 3.15. The van der Waals surface area contributed by atoms with Gasteiger partial charge in [0.25, 0.3) is 11.8 Å². The molecule has 8 heteroatoms.